The van der Waals surface area contributed by atoms with Crippen LogP contribution in [-0.4, -0.2) is 27.8 Å². The summed E-state index contributed by atoms with van der Waals surface area (Å²) in [5.41, 5.74) is 0. The normalized spacial score (nSPS) is 12.6. The summed E-state index contributed by atoms with van der Waals surface area (Å²) in [6.45, 7) is 2.41. The van der Waals surface area contributed by atoms with Crippen LogP contribution in [0.4, 0.5) is 5.82 Å². The van der Waals surface area contributed by atoms with Crippen LogP contribution in [0.25, 0.3) is 10.8 Å². The highest BCUT2D eigenvalue weighted by atomic mass is 16.3. The summed E-state index contributed by atoms with van der Waals surface area (Å²) in [4.78, 5) is 4.24. The van der Waals surface area contributed by atoms with Gasteiger partial charge in [-0.15, -0.1) is 0 Å². The smallest absolute Gasteiger partial charge is 0.133 e. The van der Waals surface area contributed by atoms with E-state index in [1.54, 1.807) is 25.3 Å². The number of phenols is 1. The summed E-state index contributed by atoms with van der Waals surface area (Å²) in [6, 6.07) is 7.09. The summed E-state index contributed by atoms with van der Waals surface area (Å²) < 4.78 is 0. The second kappa shape index (κ2) is 5.01. The number of hydrogen-bond donors (Lipinski definition) is 3. The molecule has 0 amide bonds. The summed E-state index contributed by atoms with van der Waals surface area (Å²) in [5, 5.41) is 23.7. The minimum Gasteiger partial charge on any atom is -0.508 e. The molecule has 0 saturated heterocycles. The topological polar surface area (TPSA) is 65.4 Å². The van der Waals surface area contributed by atoms with Crippen molar-refractivity contribution in [1.82, 2.24) is 4.98 Å². The van der Waals surface area contributed by atoms with E-state index in [4.69, 9.17) is 0 Å². The molecule has 0 aliphatic heterocycles. The van der Waals surface area contributed by atoms with Gasteiger partial charge in [0, 0.05) is 18.1 Å². The Morgan fingerprint density at radius 1 is 1.35 bits per heavy atom. The molecule has 0 bridgehead atoms. The Morgan fingerprint density at radius 3 is 2.94 bits per heavy atom. The first-order valence-electron chi connectivity index (χ1n) is 5.66. The fourth-order valence-electron chi connectivity index (χ4n) is 1.70. The quantitative estimate of drug-likeness (QED) is 0.755. The predicted octanol–water partition coefficient (Wildman–Crippen LogP) is 2.12. The van der Waals surface area contributed by atoms with Crippen LogP contribution in [-0.2, 0) is 0 Å². The maximum absolute atomic E-state index is 9.47. The van der Waals surface area contributed by atoms with Crippen molar-refractivity contribution in [2.24, 2.45) is 0 Å². The van der Waals surface area contributed by atoms with Crippen molar-refractivity contribution < 1.29 is 10.2 Å². The van der Waals surface area contributed by atoms with Crippen LogP contribution in [0.2, 0.25) is 0 Å². The van der Waals surface area contributed by atoms with Crippen molar-refractivity contribution in [3.63, 3.8) is 0 Å². The SMILES string of the molecule is CC(O)CCNc1nccc2ccc(O)cc12. The number of hydrogen-bond acceptors (Lipinski definition) is 4. The molecule has 0 aliphatic rings. The van der Waals surface area contributed by atoms with E-state index < -0.39 is 0 Å². The molecule has 0 radical (unpaired) electrons. The van der Waals surface area contributed by atoms with Crippen molar-refractivity contribution in [2.75, 3.05) is 11.9 Å². The Bertz CT molecular complexity index is 512. The lowest BCUT2D eigenvalue weighted by Crippen LogP contribution is -2.10. The van der Waals surface area contributed by atoms with Gasteiger partial charge in [0.2, 0.25) is 0 Å². The van der Waals surface area contributed by atoms with Gasteiger partial charge in [0.05, 0.1) is 6.10 Å². The van der Waals surface area contributed by atoms with Gasteiger partial charge >= 0.3 is 0 Å². The molecule has 1 atom stereocenters. The third-order valence-electron chi connectivity index (χ3n) is 2.60. The minimum atomic E-state index is -0.328. The zero-order valence-electron chi connectivity index (χ0n) is 9.72. The average Bonchev–Trinajstić information content (AvgIpc) is 2.29. The molecular weight excluding hydrogens is 216 g/mol. The molecule has 1 aromatic heterocycles. The molecule has 2 aromatic rings. The van der Waals surface area contributed by atoms with Crippen molar-refractivity contribution in [1.29, 1.82) is 0 Å². The number of nitrogens with one attached hydrogen (secondary N) is 1. The molecule has 1 unspecified atom stereocenters. The fraction of sp³-hybridized carbons (Fsp3) is 0.308. The highest BCUT2D eigenvalue weighted by molar-refractivity contribution is 5.92. The minimum absolute atomic E-state index is 0.226. The molecule has 0 fully saturated rings. The number of aliphatic hydroxyl groups is 1. The van der Waals surface area contributed by atoms with Crippen LogP contribution < -0.4 is 5.32 Å². The Hall–Kier alpha value is -1.81. The predicted molar refractivity (Wildman–Crippen MR) is 68.2 cm³/mol. The van der Waals surface area contributed by atoms with Crippen LogP contribution in [0.5, 0.6) is 5.75 Å². The lowest BCUT2D eigenvalue weighted by Gasteiger charge is -2.09. The monoisotopic (exact) mass is 232 g/mol. The first kappa shape index (κ1) is 11.7. The van der Waals surface area contributed by atoms with Gasteiger partial charge in [-0.1, -0.05) is 6.07 Å². The number of nitrogens with zero attached hydrogens (tertiary/aromatic N) is 1. The third-order valence-corrected chi connectivity index (χ3v) is 2.60. The molecule has 90 valence electrons. The van der Waals surface area contributed by atoms with Crippen molar-refractivity contribution in [3.8, 4) is 5.75 Å². The Labute approximate surface area is 99.9 Å². The van der Waals surface area contributed by atoms with Crippen molar-refractivity contribution >= 4 is 16.6 Å². The van der Waals surface area contributed by atoms with E-state index in [0.29, 0.717) is 13.0 Å². The number of aliphatic hydroxyl groups excluding tert-OH is 1. The van der Waals surface area contributed by atoms with Crippen LogP contribution in [0.3, 0.4) is 0 Å². The molecule has 2 rings (SSSR count). The Kier molecular flexibility index (Phi) is 3.44. The maximum atomic E-state index is 9.47. The molecule has 4 nitrogen and oxygen atoms in total. The molecule has 0 aliphatic carbocycles. The maximum Gasteiger partial charge on any atom is 0.133 e. The van der Waals surface area contributed by atoms with E-state index in [2.05, 4.69) is 10.3 Å². The lowest BCUT2D eigenvalue weighted by molar-refractivity contribution is 0.188. The van der Waals surface area contributed by atoms with Crippen LogP contribution in [0.1, 0.15) is 13.3 Å². The number of aromatic hydroxyl groups is 1. The van der Waals surface area contributed by atoms with E-state index in [1.165, 1.54) is 0 Å². The molecule has 4 heteroatoms. The number of anilines is 1. The second-order valence-electron chi connectivity index (χ2n) is 4.13. The van der Waals surface area contributed by atoms with Crippen LogP contribution >= 0.6 is 0 Å². The van der Waals surface area contributed by atoms with Gasteiger partial charge in [-0.2, -0.15) is 0 Å². The number of pyridine rings is 1. The lowest BCUT2D eigenvalue weighted by atomic mass is 10.1. The number of aromatic nitrogens is 1. The van der Waals surface area contributed by atoms with Gasteiger partial charge in [0.1, 0.15) is 11.6 Å². The summed E-state index contributed by atoms with van der Waals surface area (Å²) in [5.74, 6) is 0.961. The molecule has 1 heterocycles. The molecule has 17 heavy (non-hydrogen) atoms. The van der Waals surface area contributed by atoms with Gasteiger partial charge in [-0.25, -0.2) is 4.98 Å². The highest BCUT2D eigenvalue weighted by Crippen LogP contribution is 2.24. The van der Waals surface area contributed by atoms with Gasteiger partial charge in [0.15, 0.2) is 0 Å². The summed E-state index contributed by atoms with van der Waals surface area (Å²) in [7, 11) is 0. The standard InChI is InChI=1S/C13H16N2O2/c1-9(16)4-6-14-13-12-8-11(17)3-2-10(12)5-7-15-13/h2-3,5,7-9,16-17H,4,6H2,1H3,(H,14,15). The van der Waals surface area contributed by atoms with E-state index in [0.717, 1.165) is 16.6 Å². The zero-order chi connectivity index (χ0) is 12.3. The molecule has 0 spiro atoms. The zero-order valence-corrected chi connectivity index (χ0v) is 9.72. The second-order valence-corrected chi connectivity index (χ2v) is 4.13. The largest absolute Gasteiger partial charge is 0.508 e. The van der Waals surface area contributed by atoms with E-state index >= 15 is 0 Å². The van der Waals surface area contributed by atoms with Gasteiger partial charge in [-0.3, -0.25) is 0 Å². The van der Waals surface area contributed by atoms with Crippen LogP contribution in [0, 0.1) is 0 Å². The number of phenolic OH excluding ortho intramolecular Hbond substituents is 1. The van der Waals surface area contributed by atoms with Gasteiger partial charge < -0.3 is 15.5 Å². The molecular formula is C13H16N2O2. The van der Waals surface area contributed by atoms with E-state index in [1.807, 2.05) is 12.1 Å². The molecule has 3 N–H and O–H groups in total. The molecule has 0 saturated carbocycles. The fourth-order valence-corrected chi connectivity index (χ4v) is 1.70. The summed E-state index contributed by atoms with van der Waals surface area (Å²) in [6.07, 6.45) is 2.06. The van der Waals surface area contributed by atoms with E-state index in [9.17, 15) is 10.2 Å². The van der Waals surface area contributed by atoms with Crippen LogP contribution in [0.15, 0.2) is 30.5 Å². The van der Waals surface area contributed by atoms with Crippen molar-refractivity contribution in [3.05, 3.63) is 30.5 Å². The number of rotatable bonds is 4. The Morgan fingerprint density at radius 2 is 2.18 bits per heavy atom. The average molecular weight is 232 g/mol. The third kappa shape index (κ3) is 2.85. The molecule has 1 aromatic carbocycles. The number of fused-ring (bicyclic) bond motifs is 1. The first-order valence-corrected chi connectivity index (χ1v) is 5.66. The van der Waals surface area contributed by atoms with Crippen molar-refractivity contribution in [2.45, 2.75) is 19.4 Å². The highest BCUT2D eigenvalue weighted by Gasteiger charge is 2.03. The Balaban J connectivity index is 2.24. The number of benzene rings is 1. The van der Waals surface area contributed by atoms with Gasteiger partial charge in [0.25, 0.3) is 0 Å². The van der Waals surface area contributed by atoms with E-state index in [-0.39, 0.29) is 11.9 Å². The first-order chi connectivity index (χ1) is 8.16. The van der Waals surface area contributed by atoms with Gasteiger partial charge in [-0.05, 0) is 36.9 Å². The summed E-state index contributed by atoms with van der Waals surface area (Å²) >= 11 is 0.